The predicted molar refractivity (Wildman–Crippen MR) is 48.2 cm³/mol. The van der Waals surface area contributed by atoms with Gasteiger partial charge in [-0.25, -0.2) is 4.98 Å². The Morgan fingerprint density at radius 3 is 2.71 bits per heavy atom. The van der Waals surface area contributed by atoms with E-state index in [1.807, 2.05) is 4.90 Å². The van der Waals surface area contributed by atoms with Crippen molar-refractivity contribution in [1.82, 2.24) is 9.97 Å². The summed E-state index contributed by atoms with van der Waals surface area (Å²) in [4.78, 5) is 8.64. The molecule has 1 N–H and O–H groups in total. The van der Waals surface area contributed by atoms with Gasteiger partial charge in [0.2, 0.25) is 5.95 Å². The van der Waals surface area contributed by atoms with E-state index in [1.165, 1.54) is 0 Å². The normalized spacial score (nSPS) is 18.4. The molecule has 1 aromatic heterocycles. The Morgan fingerprint density at radius 1 is 1.50 bits per heavy atom. The molecular weight excluding hydrogens is 194 g/mol. The molecule has 1 aliphatic rings. The average Bonchev–Trinajstić information content (AvgIpc) is 2.45. The quantitative estimate of drug-likeness (QED) is 0.759. The molecule has 1 aliphatic heterocycles. The Balaban J connectivity index is 1.80. The highest BCUT2D eigenvalue weighted by atomic mass is 19.4. The van der Waals surface area contributed by atoms with E-state index in [4.69, 9.17) is 0 Å². The molecule has 1 aromatic rings. The maximum Gasteiger partial charge on any atom is 0.478 e. The Labute approximate surface area is 79.4 Å². The van der Waals surface area contributed by atoms with Crippen LogP contribution in [0.5, 0.6) is 0 Å². The van der Waals surface area contributed by atoms with Crippen LogP contribution < -0.4 is 4.90 Å². The van der Waals surface area contributed by atoms with Gasteiger partial charge in [-0.2, -0.15) is 0 Å². The maximum absolute atomic E-state index is 12.0. The van der Waals surface area contributed by atoms with Gasteiger partial charge in [-0.05, 0) is 5.92 Å². The van der Waals surface area contributed by atoms with E-state index in [0.29, 0.717) is 19.0 Å². The number of hydrogen-bond donors (Lipinski definition) is 1. The summed E-state index contributed by atoms with van der Waals surface area (Å²) in [5.41, 5.74) is 0. The third kappa shape index (κ3) is 2.02. The van der Waals surface area contributed by atoms with Gasteiger partial charge >= 0.3 is 6.98 Å². The summed E-state index contributed by atoms with van der Waals surface area (Å²) >= 11 is 0. The zero-order valence-electron chi connectivity index (χ0n) is 7.46. The van der Waals surface area contributed by atoms with Gasteiger partial charge in [0.1, 0.15) is 0 Å². The molecule has 0 spiro atoms. The largest absolute Gasteiger partial charge is 0.478 e. The second kappa shape index (κ2) is 3.22. The molecule has 78 valence electrons. The van der Waals surface area contributed by atoms with Crippen LogP contribution in [0.25, 0.3) is 0 Å². The van der Waals surface area contributed by atoms with E-state index < -0.39 is 13.3 Å². The summed E-state index contributed by atoms with van der Waals surface area (Å²) in [6, 6.07) is 0. The molecule has 0 aliphatic carbocycles. The van der Waals surface area contributed by atoms with Crippen LogP contribution in [0.15, 0.2) is 12.4 Å². The molecule has 0 saturated carbocycles. The third-order valence-electron chi connectivity index (χ3n) is 2.34. The van der Waals surface area contributed by atoms with Gasteiger partial charge in [-0.3, -0.25) is 0 Å². The van der Waals surface area contributed by atoms with Crippen LogP contribution in [-0.2, 0) is 0 Å². The number of nitrogens with zero attached hydrogens (tertiary/aromatic N) is 2. The molecule has 3 nitrogen and oxygen atoms in total. The van der Waals surface area contributed by atoms with Crippen LogP contribution in [0, 0.1) is 5.92 Å². The minimum Gasteiger partial charge on any atom is -0.449 e. The van der Waals surface area contributed by atoms with E-state index >= 15 is 0 Å². The van der Waals surface area contributed by atoms with Gasteiger partial charge in [0, 0.05) is 25.5 Å². The van der Waals surface area contributed by atoms with Crippen molar-refractivity contribution in [3.63, 3.8) is 0 Å². The topological polar surface area (TPSA) is 31.9 Å². The number of rotatable bonds is 3. The minimum atomic E-state index is -4.64. The van der Waals surface area contributed by atoms with Crippen LogP contribution in [0.2, 0.25) is 6.32 Å². The summed E-state index contributed by atoms with van der Waals surface area (Å²) in [7, 11) is 0. The molecule has 0 radical (unpaired) electrons. The Morgan fingerprint density at radius 2 is 2.21 bits per heavy atom. The lowest BCUT2D eigenvalue weighted by atomic mass is 9.75. The summed E-state index contributed by atoms with van der Waals surface area (Å²) < 4.78 is 36.1. The lowest BCUT2D eigenvalue weighted by molar-refractivity contribution is 0.378. The van der Waals surface area contributed by atoms with E-state index in [-0.39, 0.29) is 5.92 Å². The minimum absolute atomic E-state index is 0.250. The zero-order valence-corrected chi connectivity index (χ0v) is 7.46. The van der Waals surface area contributed by atoms with E-state index in [0.717, 1.165) is 0 Å². The van der Waals surface area contributed by atoms with Crippen LogP contribution in [0.1, 0.15) is 0 Å². The fourth-order valence-corrected chi connectivity index (χ4v) is 1.70. The average molecular weight is 204 g/mol. The van der Waals surface area contributed by atoms with E-state index in [2.05, 4.69) is 9.97 Å². The van der Waals surface area contributed by atoms with Gasteiger partial charge in [0.05, 0.1) is 0 Å². The maximum atomic E-state index is 12.0. The van der Waals surface area contributed by atoms with Crippen LogP contribution in [0.4, 0.5) is 18.9 Å². The van der Waals surface area contributed by atoms with Gasteiger partial charge < -0.3 is 22.8 Å². The standard InChI is InChI=1S/C7H10BF3N3/c9-8(10,11)3-6-4-14(5-6)7-12-1-2-13-7/h1-2,6H,3-5H2,(H,12,13)/q-1. The van der Waals surface area contributed by atoms with Crippen molar-refractivity contribution in [2.45, 2.75) is 6.32 Å². The first-order chi connectivity index (χ1) is 6.54. The highest BCUT2D eigenvalue weighted by Gasteiger charge is 2.35. The fraction of sp³-hybridized carbons (Fsp3) is 0.571. The molecule has 0 amide bonds. The van der Waals surface area contributed by atoms with Crippen molar-refractivity contribution in [1.29, 1.82) is 0 Å². The molecule has 0 aromatic carbocycles. The SMILES string of the molecule is F[B-](F)(F)CC1CN(c2ncc[nH]2)C1. The molecule has 1 fully saturated rings. The van der Waals surface area contributed by atoms with Gasteiger partial charge in [-0.1, -0.05) is 6.32 Å². The Hall–Kier alpha value is -1.14. The second-order valence-corrected chi connectivity index (χ2v) is 3.63. The van der Waals surface area contributed by atoms with Crippen LogP contribution in [0.3, 0.4) is 0 Å². The number of halogens is 3. The summed E-state index contributed by atoms with van der Waals surface area (Å²) in [6.45, 7) is -3.73. The summed E-state index contributed by atoms with van der Waals surface area (Å²) in [6.07, 6.45) is 2.63. The summed E-state index contributed by atoms with van der Waals surface area (Å²) in [5.74, 6) is 0.413. The third-order valence-corrected chi connectivity index (χ3v) is 2.34. The van der Waals surface area contributed by atoms with Crippen molar-refractivity contribution in [2.24, 2.45) is 5.92 Å². The molecule has 7 heteroatoms. The number of nitrogens with one attached hydrogen (secondary N) is 1. The number of imidazole rings is 1. The van der Waals surface area contributed by atoms with Crippen LogP contribution >= 0.6 is 0 Å². The number of H-pyrrole nitrogens is 1. The molecular formula is C7H10BF3N3-. The van der Waals surface area contributed by atoms with Crippen LogP contribution in [-0.4, -0.2) is 30.0 Å². The van der Waals surface area contributed by atoms with Crippen molar-refractivity contribution in [3.8, 4) is 0 Å². The number of anilines is 1. The van der Waals surface area contributed by atoms with E-state index in [9.17, 15) is 12.9 Å². The van der Waals surface area contributed by atoms with E-state index in [1.54, 1.807) is 12.4 Å². The molecule has 0 unspecified atom stereocenters. The first kappa shape index (κ1) is 9.42. The zero-order chi connectivity index (χ0) is 10.2. The van der Waals surface area contributed by atoms with Crippen molar-refractivity contribution < 1.29 is 12.9 Å². The predicted octanol–water partition coefficient (Wildman–Crippen LogP) is 1.69. The van der Waals surface area contributed by atoms with Gasteiger partial charge in [0.25, 0.3) is 0 Å². The molecule has 14 heavy (non-hydrogen) atoms. The molecule has 0 atom stereocenters. The van der Waals surface area contributed by atoms with Crippen molar-refractivity contribution >= 4 is 12.9 Å². The van der Waals surface area contributed by atoms with Gasteiger partial charge in [-0.15, -0.1) is 0 Å². The Kier molecular flexibility index (Phi) is 2.17. The number of aromatic amines is 1. The lowest BCUT2D eigenvalue weighted by Crippen LogP contribution is -2.49. The molecule has 2 rings (SSSR count). The molecule has 1 saturated heterocycles. The van der Waals surface area contributed by atoms with Crippen molar-refractivity contribution in [2.75, 3.05) is 18.0 Å². The first-order valence-electron chi connectivity index (χ1n) is 4.50. The van der Waals surface area contributed by atoms with Crippen molar-refractivity contribution in [3.05, 3.63) is 12.4 Å². The number of hydrogen-bond acceptors (Lipinski definition) is 2. The Bertz CT molecular complexity index is 292. The fourth-order valence-electron chi connectivity index (χ4n) is 1.70. The monoisotopic (exact) mass is 204 g/mol. The first-order valence-corrected chi connectivity index (χ1v) is 4.50. The lowest BCUT2D eigenvalue weighted by Gasteiger charge is -2.41. The molecule has 2 heterocycles. The van der Waals surface area contributed by atoms with Gasteiger partial charge in [0.15, 0.2) is 0 Å². The summed E-state index contributed by atoms with van der Waals surface area (Å²) in [5, 5.41) is 0. The smallest absolute Gasteiger partial charge is 0.449 e. The highest BCUT2D eigenvalue weighted by molar-refractivity contribution is 6.58. The highest BCUT2D eigenvalue weighted by Crippen LogP contribution is 2.29. The second-order valence-electron chi connectivity index (χ2n) is 3.63. The number of aromatic nitrogens is 2. The molecule has 0 bridgehead atoms.